The summed E-state index contributed by atoms with van der Waals surface area (Å²) in [5.41, 5.74) is 0.888. The van der Waals surface area contributed by atoms with Gasteiger partial charge >= 0.3 is 0 Å². The van der Waals surface area contributed by atoms with Crippen LogP contribution < -0.4 is 5.56 Å². The molecule has 164 valence electrons. The van der Waals surface area contributed by atoms with Gasteiger partial charge in [-0.05, 0) is 49.1 Å². The average molecular weight is 460 g/mol. The first-order valence-electron chi connectivity index (χ1n) is 10.5. The lowest BCUT2D eigenvalue weighted by Gasteiger charge is -2.32. The molecule has 0 aliphatic heterocycles. The topological polar surface area (TPSA) is 55.2 Å². The fraction of sp³-hybridized carbons (Fsp3) is 0.375. The summed E-state index contributed by atoms with van der Waals surface area (Å²) in [6.45, 7) is 6.74. The van der Waals surface area contributed by atoms with Gasteiger partial charge in [-0.15, -0.1) is 0 Å². The maximum absolute atomic E-state index is 13.6. The third-order valence-corrected chi connectivity index (χ3v) is 6.00. The second kappa shape index (κ2) is 9.84. The van der Waals surface area contributed by atoms with Gasteiger partial charge in [0.1, 0.15) is 5.82 Å². The molecule has 7 heteroatoms. The number of aromatic nitrogens is 2. The monoisotopic (exact) mass is 459 g/mol. The third kappa shape index (κ3) is 4.94. The standard InChI is InChI=1S/C24H27Cl2N3O2/c1-5-21(22-27-20-9-7-6-8-18(20)23(30)28(22)4)29(13-12-15(2)3)24(31)17-11-10-16(25)14-19(17)26/h6-11,14-15,21H,5,12-13H2,1-4H3. The van der Waals surface area contributed by atoms with Crippen LogP contribution in [0, 0.1) is 5.92 Å². The summed E-state index contributed by atoms with van der Waals surface area (Å²) in [6.07, 6.45) is 1.42. The Hall–Kier alpha value is -2.37. The number of benzene rings is 2. The highest BCUT2D eigenvalue weighted by atomic mass is 35.5. The summed E-state index contributed by atoms with van der Waals surface area (Å²) >= 11 is 12.4. The lowest BCUT2D eigenvalue weighted by Crippen LogP contribution is -2.39. The van der Waals surface area contributed by atoms with Crippen molar-refractivity contribution in [3.05, 3.63) is 74.3 Å². The molecule has 0 saturated heterocycles. The molecule has 0 N–H and O–H groups in total. The van der Waals surface area contributed by atoms with E-state index < -0.39 is 0 Å². The van der Waals surface area contributed by atoms with E-state index >= 15 is 0 Å². The van der Waals surface area contributed by atoms with Gasteiger partial charge in [0.25, 0.3) is 11.5 Å². The minimum atomic E-state index is -0.375. The van der Waals surface area contributed by atoms with Crippen LogP contribution in [0.4, 0.5) is 0 Å². The third-order valence-electron chi connectivity index (χ3n) is 5.45. The number of carbonyl (C=O) groups is 1. The summed E-state index contributed by atoms with van der Waals surface area (Å²) in [5, 5.41) is 1.34. The van der Waals surface area contributed by atoms with Gasteiger partial charge in [-0.1, -0.05) is 56.1 Å². The minimum absolute atomic E-state index is 0.125. The minimum Gasteiger partial charge on any atom is -0.328 e. The zero-order chi connectivity index (χ0) is 22.7. The molecule has 1 heterocycles. The van der Waals surface area contributed by atoms with E-state index in [0.717, 1.165) is 6.42 Å². The highest BCUT2D eigenvalue weighted by Gasteiger charge is 2.29. The van der Waals surface area contributed by atoms with E-state index in [1.54, 1.807) is 40.8 Å². The van der Waals surface area contributed by atoms with Gasteiger partial charge in [-0.25, -0.2) is 4.98 Å². The Kier molecular flexibility index (Phi) is 7.39. The van der Waals surface area contributed by atoms with Gasteiger partial charge in [0.2, 0.25) is 0 Å². The Labute approximate surface area is 192 Å². The molecule has 1 aromatic heterocycles. The highest BCUT2D eigenvalue weighted by Crippen LogP contribution is 2.29. The van der Waals surface area contributed by atoms with Crippen molar-refractivity contribution in [3.63, 3.8) is 0 Å². The van der Waals surface area contributed by atoms with E-state index in [-0.39, 0.29) is 17.5 Å². The van der Waals surface area contributed by atoms with Crippen molar-refractivity contribution in [1.82, 2.24) is 14.5 Å². The summed E-state index contributed by atoms with van der Waals surface area (Å²) in [5.74, 6) is 0.770. The van der Waals surface area contributed by atoms with Crippen LogP contribution in [0.25, 0.3) is 10.9 Å². The zero-order valence-electron chi connectivity index (χ0n) is 18.2. The van der Waals surface area contributed by atoms with Crippen LogP contribution in [-0.4, -0.2) is 26.9 Å². The van der Waals surface area contributed by atoms with E-state index in [0.29, 0.717) is 51.2 Å². The van der Waals surface area contributed by atoms with Crippen molar-refractivity contribution >= 4 is 40.0 Å². The molecule has 0 spiro atoms. The number of rotatable bonds is 7. The zero-order valence-corrected chi connectivity index (χ0v) is 19.7. The number of para-hydroxylation sites is 1. The molecule has 0 fully saturated rings. The van der Waals surface area contributed by atoms with Gasteiger partial charge in [0.05, 0.1) is 27.5 Å². The maximum Gasteiger partial charge on any atom is 0.261 e. The fourth-order valence-electron chi connectivity index (χ4n) is 3.69. The predicted molar refractivity (Wildman–Crippen MR) is 127 cm³/mol. The largest absolute Gasteiger partial charge is 0.328 e. The van der Waals surface area contributed by atoms with Gasteiger partial charge in [-0.2, -0.15) is 0 Å². The number of hydrogen-bond donors (Lipinski definition) is 0. The number of carbonyl (C=O) groups excluding carboxylic acids is 1. The summed E-state index contributed by atoms with van der Waals surface area (Å²) in [7, 11) is 1.71. The molecule has 0 radical (unpaired) electrons. The lowest BCUT2D eigenvalue weighted by molar-refractivity contribution is 0.0647. The quantitative estimate of drug-likeness (QED) is 0.443. The molecule has 1 amide bonds. The van der Waals surface area contributed by atoms with Gasteiger partial charge < -0.3 is 4.90 Å². The molecule has 3 rings (SSSR count). The Morgan fingerprint density at radius 2 is 1.87 bits per heavy atom. The average Bonchev–Trinajstić information content (AvgIpc) is 2.73. The Balaban J connectivity index is 2.12. The van der Waals surface area contributed by atoms with Crippen molar-refractivity contribution in [1.29, 1.82) is 0 Å². The number of nitrogens with zero attached hydrogens (tertiary/aromatic N) is 3. The first-order chi connectivity index (χ1) is 14.7. The molecule has 1 unspecified atom stereocenters. The first-order valence-corrected chi connectivity index (χ1v) is 11.2. The molecule has 0 saturated carbocycles. The van der Waals surface area contributed by atoms with Crippen LogP contribution in [0.5, 0.6) is 0 Å². The predicted octanol–water partition coefficient (Wildman–Crippen LogP) is 5.88. The number of fused-ring (bicyclic) bond motifs is 1. The molecule has 2 aromatic carbocycles. The fourth-order valence-corrected chi connectivity index (χ4v) is 4.18. The van der Waals surface area contributed by atoms with E-state index in [2.05, 4.69) is 13.8 Å². The van der Waals surface area contributed by atoms with E-state index in [1.165, 1.54) is 0 Å². The molecule has 0 aliphatic carbocycles. The van der Waals surface area contributed by atoms with Crippen molar-refractivity contribution in [2.45, 2.75) is 39.7 Å². The number of hydrogen-bond acceptors (Lipinski definition) is 3. The van der Waals surface area contributed by atoms with Crippen LogP contribution in [0.15, 0.2) is 47.3 Å². The van der Waals surface area contributed by atoms with Crippen LogP contribution in [0.1, 0.15) is 55.8 Å². The molecule has 0 bridgehead atoms. The maximum atomic E-state index is 13.6. The highest BCUT2D eigenvalue weighted by molar-refractivity contribution is 6.36. The van der Waals surface area contributed by atoms with Gasteiger partial charge in [0.15, 0.2) is 0 Å². The van der Waals surface area contributed by atoms with Crippen LogP contribution in [0.2, 0.25) is 10.0 Å². The Morgan fingerprint density at radius 1 is 1.16 bits per heavy atom. The molecular weight excluding hydrogens is 433 g/mol. The molecule has 0 aliphatic rings. The second-order valence-electron chi connectivity index (χ2n) is 8.08. The molecule has 31 heavy (non-hydrogen) atoms. The van der Waals surface area contributed by atoms with Crippen LogP contribution in [0.3, 0.4) is 0 Å². The molecule has 1 atom stereocenters. The van der Waals surface area contributed by atoms with E-state index in [4.69, 9.17) is 28.2 Å². The summed E-state index contributed by atoms with van der Waals surface area (Å²) in [4.78, 5) is 33.1. The lowest BCUT2D eigenvalue weighted by atomic mass is 10.1. The first kappa shape index (κ1) is 23.3. The Bertz CT molecular complexity index is 1160. The van der Waals surface area contributed by atoms with Crippen LogP contribution >= 0.6 is 23.2 Å². The molecule has 5 nitrogen and oxygen atoms in total. The molecular formula is C24H27Cl2N3O2. The normalized spacial score (nSPS) is 12.4. The van der Waals surface area contributed by atoms with Gasteiger partial charge in [-0.3, -0.25) is 14.2 Å². The van der Waals surface area contributed by atoms with E-state index in [1.807, 2.05) is 25.1 Å². The van der Waals surface area contributed by atoms with Crippen molar-refractivity contribution < 1.29 is 4.79 Å². The van der Waals surface area contributed by atoms with Crippen molar-refractivity contribution in [2.75, 3.05) is 6.54 Å². The summed E-state index contributed by atoms with van der Waals surface area (Å²) in [6, 6.07) is 11.8. The number of amides is 1. The Morgan fingerprint density at radius 3 is 2.52 bits per heavy atom. The van der Waals surface area contributed by atoms with Gasteiger partial charge in [0, 0.05) is 18.6 Å². The second-order valence-corrected chi connectivity index (χ2v) is 8.92. The summed E-state index contributed by atoms with van der Waals surface area (Å²) < 4.78 is 1.55. The molecule has 3 aromatic rings. The van der Waals surface area contributed by atoms with Crippen molar-refractivity contribution in [2.24, 2.45) is 13.0 Å². The van der Waals surface area contributed by atoms with E-state index in [9.17, 15) is 9.59 Å². The SMILES string of the molecule is CCC(c1nc2ccccc2c(=O)n1C)N(CCC(C)C)C(=O)c1ccc(Cl)cc1Cl. The smallest absolute Gasteiger partial charge is 0.261 e. The van der Waals surface area contributed by atoms with Crippen LogP contribution in [-0.2, 0) is 7.05 Å². The number of halogens is 2. The van der Waals surface area contributed by atoms with Crippen molar-refractivity contribution in [3.8, 4) is 0 Å².